The Bertz CT molecular complexity index is 1700. The number of fused-ring (bicyclic) bond motifs is 1. The zero-order chi connectivity index (χ0) is 28.7. The van der Waals surface area contributed by atoms with Crippen LogP contribution in [0.1, 0.15) is 59.3 Å². The molecule has 1 amide bonds. The first-order valence-electron chi connectivity index (χ1n) is 13.9. The first kappa shape index (κ1) is 27.4. The number of benzene rings is 3. The lowest BCUT2D eigenvalue weighted by Gasteiger charge is -2.29. The number of nitrogens with one attached hydrogen (secondary N) is 1. The van der Waals surface area contributed by atoms with Crippen molar-refractivity contribution in [3.63, 3.8) is 0 Å². The molecule has 0 spiro atoms. The van der Waals surface area contributed by atoms with Gasteiger partial charge in [-0.05, 0) is 97.2 Å². The second-order valence-corrected chi connectivity index (χ2v) is 12.9. The summed E-state index contributed by atoms with van der Waals surface area (Å²) in [5.41, 5.74) is 4.52. The van der Waals surface area contributed by atoms with Gasteiger partial charge >= 0.3 is 0 Å². The summed E-state index contributed by atoms with van der Waals surface area (Å²) in [7, 11) is -1.84. The number of nitrogens with zero attached hydrogens (tertiary/aromatic N) is 3. The Labute approximate surface area is 240 Å². The van der Waals surface area contributed by atoms with E-state index in [0.717, 1.165) is 40.9 Å². The smallest absolute Gasteiger partial charge is 0.241 e. The summed E-state index contributed by atoms with van der Waals surface area (Å²) in [5.74, 6) is 0.253. The monoisotopic (exact) mass is 572 g/mol. The van der Waals surface area contributed by atoms with E-state index in [9.17, 15) is 17.6 Å². The van der Waals surface area contributed by atoms with Crippen molar-refractivity contribution in [1.82, 2.24) is 14.3 Å². The van der Waals surface area contributed by atoms with Crippen LogP contribution in [-0.4, -0.2) is 23.9 Å². The summed E-state index contributed by atoms with van der Waals surface area (Å²) < 4.78 is 44.9. The Hall–Kier alpha value is -3.82. The highest BCUT2D eigenvalue weighted by Crippen LogP contribution is 2.49. The molecule has 0 saturated heterocycles. The predicted octanol–water partition coefficient (Wildman–Crippen LogP) is 5.56. The SMILES string of the molecule is Cc1cccc(S(=O)(=O)N[C@H]2CCCc3ccc(N(Cc4nccn4C)C(=O)[C@@H]4C[C@@H]4c4ccc(F)cc4)cc32)c1. The fraction of sp³-hybridized carbons (Fsp3) is 0.312. The van der Waals surface area contributed by atoms with Crippen LogP contribution in [0.2, 0.25) is 0 Å². The zero-order valence-electron chi connectivity index (χ0n) is 23.1. The zero-order valence-corrected chi connectivity index (χ0v) is 23.9. The van der Waals surface area contributed by atoms with E-state index in [4.69, 9.17) is 0 Å². The minimum Gasteiger partial charge on any atom is -0.337 e. The molecule has 41 heavy (non-hydrogen) atoms. The largest absolute Gasteiger partial charge is 0.337 e. The number of amides is 1. The molecule has 212 valence electrons. The van der Waals surface area contributed by atoms with Crippen molar-refractivity contribution in [2.45, 2.75) is 56.0 Å². The number of hydrogen-bond donors (Lipinski definition) is 1. The van der Waals surface area contributed by atoms with Crippen molar-refractivity contribution < 1.29 is 17.6 Å². The van der Waals surface area contributed by atoms with E-state index in [1.807, 2.05) is 49.0 Å². The van der Waals surface area contributed by atoms with Crippen molar-refractivity contribution in [3.8, 4) is 0 Å². The molecule has 0 aliphatic heterocycles. The summed E-state index contributed by atoms with van der Waals surface area (Å²) in [6.45, 7) is 2.16. The molecule has 2 aliphatic carbocycles. The molecule has 4 aromatic rings. The first-order chi connectivity index (χ1) is 19.7. The molecule has 7 nitrogen and oxygen atoms in total. The van der Waals surface area contributed by atoms with Gasteiger partial charge in [-0.25, -0.2) is 22.5 Å². The number of aryl methyl sites for hydroxylation is 3. The van der Waals surface area contributed by atoms with Gasteiger partial charge in [-0.15, -0.1) is 0 Å². The molecule has 2 aliphatic rings. The number of hydrogen-bond acceptors (Lipinski definition) is 4. The van der Waals surface area contributed by atoms with Gasteiger partial charge in [0, 0.05) is 37.1 Å². The quantitative estimate of drug-likeness (QED) is 0.300. The highest BCUT2D eigenvalue weighted by molar-refractivity contribution is 7.89. The molecule has 0 bridgehead atoms. The molecule has 6 rings (SSSR count). The topological polar surface area (TPSA) is 84.3 Å². The lowest BCUT2D eigenvalue weighted by atomic mass is 9.87. The van der Waals surface area contributed by atoms with Crippen LogP contribution in [0.3, 0.4) is 0 Å². The summed E-state index contributed by atoms with van der Waals surface area (Å²) in [5, 5.41) is 0. The molecule has 3 aromatic carbocycles. The van der Waals surface area contributed by atoms with E-state index in [-0.39, 0.29) is 35.0 Å². The van der Waals surface area contributed by atoms with Gasteiger partial charge in [0.1, 0.15) is 11.6 Å². The van der Waals surface area contributed by atoms with Crippen molar-refractivity contribution in [1.29, 1.82) is 0 Å². The minimum atomic E-state index is -3.74. The average molecular weight is 573 g/mol. The van der Waals surface area contributed by atoms with Crippen molar-refractivity contribution in [2.75, 3.05) is 4.90 Å². The van der Waals surface area contributed by atoms with Crippen LogP contribution < -0.4 is 9.62 Å². The summed E-state index contributed by atoms with van der Waals surface area (Å²) in [4.78, 5) is 20.5. The lowest BCUT2D eigenvalue weighted by Crippen LogP contribution is -2.34. The van der Waals surface area contributed by atoms with Gasteiger partial charge in [0.2, 0.25) is 15.9 Å². The third kappa shape index (κ3) is 5.69. The number of anilines is 1. The first-order valence-corrected chi connectivity index (χ1v) is 15.4. The van der Waals surface area contributed by atoms with Gasteiger partial charge in [-0.1, -0.05) is 30.3 Å². The van der Waals surface area contributed by atoms with Crippen LogP contribution in [0.25, 0.3) is 0 Å². The van der Waals surface area contributed by atoms with E-state index < -0.39 is 16.1 Å². The summed E-state index contributed by atoms with van der Waals surface area (Å²) in [6.07, 6.45) is 6.64. The molecule has 0 radical (unpaired) electrons. The van der Waals surface area contributed by atoms with E-state index in [0.29, 0.717) is 18.5 Å². The van der Waals surface area contributed by atoms with Crippen LogP contribution >= 0.6 is 0 Å². The van der Waals surface area contributed by atoms with Crippen molar-refractivity contribution >= 4 is 21.6 Å². The molecule has 1 heterocycles. The number of carbonyl (C=O) groups excluding carboxylic acids is 1. The van der Waals surface area contributed by atoms with Crippen molar-refractivity contribution in [3.05, 3.63) is 113 Å². The van der Waals surface area contributed by atoms with Gasteiger partial charge < -0.3 is 9.47 Å². The van der Waals surface area contributed by atoms with Crippen LogP contribution in [0.4, 0.5) is 10.1 Å². The fourth-order valence-electron chi connectivity index (χ4n) is 5.85. The Kier molecular flexibility index (Phi) is 7.25. The van der Waals surface area contributed by atoms with E-state index in [1.165, 1.54) is 12.1 Å². The number of sulfonamides is 1. The standard InChI is InChI=1S/C32H33FN4O3S/c1-21-5-3-7-26(17-21)41(39,40)35-30-8-4-6-22-11-14-25(18-28(22)30)37(20-31-34-15-16-36(31)2)32(38)29-19-27(29)23-9-12-24(33)13-10-23/h3,5,7,9-18,27,29-30,35H,4,6,8,19-20H2,1-2H3/t27-,29-,30+/m1/s1. The Morgan fingerprint density at radius 1 is 1.12 bits per heavy atom. The molecule has 9 heteroatoms. The molecule has 1 fully saturated rings. The second-order valence-electron chi connectivity index (χ2n) is 11.1. The van der Waals surface area contributed by atoms with Crippen molar-refractivity contribution in [2.24, 2.45) is 13.0 Å². The summed E-state index contributed by atoms with van der Waals surface area (Å²) >= 11 is 0. The average Bonchev–Trinajstić information content (AvgIpc) is 3.66. The van der Waals surface area contributed by atoms with Gasteiger partial charge in [0.15, 0.2) is 0 Å². The third-order valence-corrected chi connectivity index (χ3v) is 9.71. The molecule has 1 N–H and O–H groups in total. The molecule has 0 unspecified atom stereocenters. The molecule has 3 atom stereocenters. The molecule has 1 saturated carbocycles. The summed E-state index contributed by atoms with van der Waals surface area (Å²) in [6, 6.07) is 18.8. The fourth-order valence-corrected chi connectivity index (χ4v) is 7.20. The number of carbonyl (C=O) groups is 1. The van der Waals surface area contributed by atoms with E-state index >= 15 is 0 Å². The van der Waals surface area contributed by atoms with E-state index in [2.05, 4.69) is 9.71 Å². The molecular weight excluding hydrogens is 539 g/mol. The number of rotatable bonds is 8. The molecular formula is C32H33FN4O3S. The van der Waals surface area contributed by atoms with Gasteiger partial charge in [-0.3, -0.25) is 4.79 Å². The predicted molar refractivity (Wildman–Crippen MR) is 155 cm³/mol. The third-order valence-electron chi connectivity index (χ3n) is 8.25. The lowest BCUT2D eigenvalue weighted by molar-refractivity contribution is -0.120. The van der Waals surface area contributed by atoms with Gasteiger partial charge in [0.25, 0.3) is 0 Å². The van der Waals surface area contributed by atoms with E-state index in [1.54, 1.807) is 41.4 Å². The minimum absolute atomic E-state index is 0.0185. The maximum Gasteiger partial charge on any atom is 0.241 e. The van der Waals surface area contributed by atoms with Gasteiger partial charge in [-0.2, -0.15) is 0 Å². The Balaban J connectivity index is 1.31. The number of halogens is 1. The maximum absolute atomic E-state index is 14.0. The highest BCUT2D eigenvalue weighted by Gasteiger charge is 2.46. The maximum atomic E-state index is 14.0. The number of imidazole rings is 1. The van der Waals surface area contributed by atoms with Crippen LogP contribution in [0, 0.1) is 18.7 Å². The van der Waals surface area contributed by atoms with Gasteiger partial charge in [0.05, 0.1) is 11.4 Å². The molecule has 1 aromatic heterocycles. The number of aromatic nitrogens is 2. The Morgan fingerprint density at radius 2 is 1.93 bits per heavy atom. The normalized spacial score (nSPS) is 19.9. The highest BCUT2D eigenvalue weighted by atomic mass is 32.2. The Morgan fingerprint density at radius 3 is 2.66 bits per heavy atom. The van der Waals surface area contributed by atoms with Crippen LogP contribution in [0.5, 0.6) is 0 Å². The van der Waals surface area contributed by atoms with Crippen LogP contribution in [-0.2, 0) is 34.8 Å². The van der Waals surface area contributed by atoms with Crippen LogP contribution in [0.15, 0.2) is 84.0 Å². The second kappa shape index (κ2) is 10.9.